The Morgan fingerprint density at radius 1 is 0.500 bits per heavy atom. The van der Waals surface area contributed by atoms with E-state index >= 15 is 0 Å². The fraction of sp³-hybridized carbons (Fsp3) is 0.250. The topological polar surface area (TPSA) is 0 Å². The van der Waals surface area contributed by atoms with Crippen molar-refractivity contribution in [3.8, 4) is 22.3 Å². The largest absolute Gasteiger partial charge is 1.00 e. The maximum absolute atomic E-state index is 2.69. The molecule has 8 rings (SSSR count). The van der Waals surface area contributed by atoms with Crippen molar-refractivity contribution in [2.75, 3.05) is 0 Å². The molecule has 6 aromatic carbocycles. The summed E-state index contributed by atoms with van der Waals surface area (Å²) in [5.74, 6) is 1.15. The minimum Gasteiger partial charge on any atom is -1.00 e. The second kappa shape index (κ2) is 16.2. The fourth-order valence-electron chi connectivity index (χ4n) is 9.00. The van der Waals surface area contributed by atoms with Gasteiger partial charge in [-0.2, -0.15) is 0 Å². The van der Waals surface area contributed by atoms with Gasteiger partial charge in [0.05, 0.1) is 0 Å². The van der Waals surface area contributed by atoms with Gasteiger partial charge < -0.3 is 24.8 Å². The van der Waals surface area contributed by atoms with E-state index in [0.29, 0.717) is 19.1 Å². The maximum Gasteiger partial charge on any atom is -1.00 e. The Kier molecular flexibility index (Phi) is 12.0. The van der Waals surface area contributed by atoms with Crippen molar-refractivity contribution in [3.63, 3.8) is 0 Å². The molecule has 0 bridgehead atoms. The number of allylic oxidation sites excluding steroid dienone is 2. The van der Waals surface area contributed by atoms with Gasteiger partial charge in [0.15, 0.2) is 0 Å². The van der Waals surface area contributed by atoms with E-state index in [1.807, 2.05) is 0 Å². The van der Waals surface area contributed by atoms with E-state index in [1.165, 1.54) is 67.8 Å². The normalized spacial score (nSPS) is 16.8. The molecule has 4 heteroatoms. The first kappa shape index (κ1) is 38.7. The van der Waals surface area contributed by atoms with Gasteiger partial charge in [-0.3, -0.25) is 0 Å². The van der Waals surface area contributed by atoms with Gasteiger partial charge in [-0.1, -0.05) is 0 Å². The first-order chi connectivity index (χ1) is 24.4. The van der Waals surface area contributed by atoms with E-state index < -0.39 is 25.8 Å². The Balaban J connectivity index is 0.00000232. The molecule has 0 fully saturated rings. The van der Waals surface area contributed by atoms with Crippen LogP contribution in [0.1, 0.15) is 70.0 Å². The first-order valence-corrected chi connectivity index (χ1v) is 27.8. The molecule has 0 heterocycles. The van der Waals surface area contributed by atoms with Crippen LogP contribution in [0, 0.1) is 11.8 Å². The Morgan fingerprint density at radius 2 is 0.865 bits per heavy atom. The van der Waals surface area contributed by atoms with Crippen LogP contribution < -0.4 is 24.8 Å². The second-order valence-electron chi connectivity index (χ2n) is 14.9. The SMILES string of the molecule is CCC(C)C1=Cc2c(-c3cccc4ccccc34)cccc2[CH]1[Zr+2]([CH]1C(C(C)CC)=Cc2c(-c3cccc4ccccc34)cccc21)=[Si](C)C.[Cl-].[Cl-]. The molecule has 0 aliphatic heterocycles. The van der Waals surface area contributed by atoms with Crippen molar-refractivity contribution < 1.29 is 45.2 Å². The zero-order chi connectivity index (χ0) is 34.5. The molecule has 0 saturated carbocycles. The van der Waals surface area contributed by atoms with Gasteiger partial charge in [0.1, 0.15) is 0 Å². The van der Waals surface area contributed by atoms with E-state index in [4.69, 9.17) is 0 Å². The molecule has 6 aromatic rings. The third-order valence-electron chi connectivity index (χ3n) is 11.9. The van der Waals surface area contributed by atoms with Crippen LogP contribution in [-0.4, -0.2) is 5.43 Å². The van der Waals surface area contributed by atoms with Gasteiger partial charge in [0.25, 0.3) is 0 Å². The molecule has 2 aliphatic rings. The van der Waals surface area contributed by atoms with Gasteiger partial charge >= 0.3 is 309 Å². The summed E-state index contributed by atoms with van der Waals surface area (Å²) in [7, 11) is 0. The Hall–Kier alpha value is -3.00. The van der Waals surface area contributed by atoms with E-state index in [9.17, 15) is 0 Å². The van der Waals surface area contributed by atoms with E-state index in [1.54, 1.807) is 22.3 Å². The Morgan fingerprint density at radius 3 is 1.27 bits per heavy atom. The fourth-order valence-corrected chi connectivity index (χ4v) is 29.8. The summed E-state index contributed by atoms with van der Waals surface area (Å²) in [6.45, 7) is 15.2. The van der Waals surface area contributed by atoms with Gasteiger partial charge in [0, 0.05) is 0 Å². The van der Waals surface area contributed by atoms with Crippen LogP contribution in [0.25, 0.3) is 56.0 Å². The predicted molar refractivity (Wildman–Crippen MR) is 217 cm³/mol. The van der Waals surface area contributed by atoms with Gasteiger partial charge in [-0.25, -0.2) is 0 Å². The molecule has 262 valence electrons. The average molecular weight is 815 g/mol. The molecular formula is C48H48Cl2SiZr. The summed E-state index contributed by atoms with van der Waals surface area (Å²) in [5, 5.41) is 5.35. The van der Waals surface area contributed by atoms with Crippen molar-refractivity contribution in [3.05, 3.63) is 155 Å². The standard InChI is InChI=1S/2C23H21.C2H6Si.2ClH.Zr/c2*1-3-16(2)19-14-18-10-7-13-22(23(18)15-19)21-12-6-9-17-8-4-5-11-20(17)21;1-3-2;;;/h2*4-16H,3H2,1-2H3;1-2H3;2*1H;/q;;;;;+2/p-2. The van der Waals surface area contributed by atoms with Crippen LogP contribution in [0.2, 0.25) is 13.1 Å². The summed E-state index contributed by atoms with van der Waals surface area (Å²) in [6, 6.07) is 46.1. The van der Waals surface area contributed by atoms with Gasteiger partial charge in [-0.15, -0.1) is 0 Å². The predicted octanol–water partition coefficient (Wildman–Crippen LogP) is 7.87. The van der Waals surface area contributed by atoms with Crippen LogP contribution in [0.4, 0.5) is 0 Å². The Labute approximate surface area is 331 Å². The molecule has 2 aliphatic carbocycles. The average Bonchev–Trinajstić information content (AvgIpc) is 3.73. The summed E-state index contributed by atoms with van der Waals surface area (Å²) in [4.78, 5) is 0. The number of hydrogen-bond acceptors (Lipinski definition) is 0. The summed E-state index contributed by atoms with van der Waals surface area (Å²) < 4.78 is 1.21. The zero-order valence-corrected chi connectivity index (χ0v) is 36.2. The van der Waals surface area contributed by atoms with Crippen molar-refractivity contribution in [1.82, 2.24) is 0 Å². The van der Waals surface area contributed by atoms with Crippen LogP contribution in [0.3, 0.4) is 0 Å². The van der Waals surface area contributed by atoms with E-state index in [-0.39, 0.29) is 24.8 Å². The number of fused-ring (bicyclic) bond motifs is 4. The molecule has 0 nitrogen and oxygen atoms in total. The molecule has 4 atom stereocenters. The number of hydrogen-bond donors (Lipinski definition) is 0. The maximum atomic E-state index is 2.69. The summed E-state index contributed by atoms with van der Waals surface area (Å²) >= 11 is -2.35. The molecule has 52 heavy (non-hydrogen) atoms. The molecule has 0 N–H and O–H groups in total. The molecule has 0 radical (unpaired) electrons. The minimum atomic E-state index is -2.35. The summed E-state index contributed by atoms with van der Waals surface area (Å²) in [6.07, 6.45) is 7.75. The molecular weight excluding hydrogens is 767 g/mol. The number of rotatable bonds is 8. The number of benzene rings is 6. The van der Waals surface area contributed by atoms with Crippen LogP contribution >= 0.6 is 0 Å². The van der Waals surface area contributed by atoms with Crippen LogP contribution in [0.5, 0.6) is 0 Å². The summed E-state index contributed by atoms with van der Waals surface area (Å²) in [5.41, 5.74) is 14.7. The van der Waals surface area contributed by atoms with E-state index in [0.717, 1.165) is 0 Å². The van der Waals surface area contributed by atoms with Gasteiger partial charge in [0.2, 0.25) is 0 Å². The van der Waals surface area contributed by atoms with Gasteiger partial charge in [-0.05, 0) is 0 Å². The third kappa shape index (κ3) is 6.57. The smallest absolute Gasteiger partial charge is 1.00 e. The quantitative estimate of drug-likeness (QED) is 0.137. The first-order valence-electron chi connectivity index (χ1n) is 18.7. The van der Waals surface area contributed by atoms with Crippen LogP contribution in [-0.2, 0) is 20.4 Å². The van der Waals surface area contributed by atoms with E-state index in [2.05, 4.69) is 174 Å². The third-order valence-corrected chi connectivity index (χ3v) is 31.2. The minimum absolute atomic E-state index is 0. The van der Waals surface area contributed by atoms with Crippen LogP contribution in [0.15, 0.2) is 132 Å². The molecule has 0 amide bonds. The van der Waals surface area contributed by atoms with Crippen molar-refractivity contribution in [2.24, 2.45) is 11.8 Å². The Bertz CT molecular complexity index is 2210. The van der Waals surface area contributed by atoms with Crippen molar-refractivity contribution in [1.29, 1.82) is 0 Å². The van der Waals surface area contributed by atoms with Crippen molar-refractivity contribution >= 4 is 39.1 Å². The monoisotopic (exact) mass is 812 g/mol. The number of halogens is 2. The molecule has 4 unspecified atom stereocenters. The second-order valence-corrected chi connectivity index (χ2v) is 32.8. The molecule has 0 saturated heterocycles. The molecule has 0 aromatic heterocycles. The molecule has 0 spiro atoms. The van der Waals surface area contributed by atoms with Crippen molar-refractivity contribution in [2.45, 2.75) is 60.9 Å². The zero-order valence-electron chi connectivity index (χ0n) is 31.2.